The quantitative estimate of drug-likeness (QED) is 0.847. The highest BCUT2D eigenvalue weighted by molar-refractivity contribution is 5.48. The van der Waals surface area contributed by atoms with Crippen LogP contribution in [0, 0.1) is 19.8 Å². The summed E-state index contributed by atoms with van der Waals surface area (Å²) in [6.07, 6.45) is 2.17. The molecule has 0 unspecified atom stereocenters. The maximum atomic E-state index is 9.25. The minimum atomic E-state index is 0.328. The van der Waals surface area contributed by atoms with Gasteiger partial charge in [-0.05, 0) is 50.3 Å². The number of aliphatic hydroxyl groups is 1. The van der Waals surface area contributed by atoms with Gasteiger partial charge in [0.1, 0.15) is 0 Å². The zero-order valence-electron chi connectivity index (χ0n) is 15.6. The maximum Gasteiger partial charge on any atom is 0.0641 e. The smallest absolute Gasteiger partial charge is 0.0641 e. The first-order valence-corrected chi connectivity index (χ1v) is 9.23. The van der Waals surface area contributed by atoms with E-state index >= 15 is 0 Å². The summed E-state index contributed by atoms with van der Waals surface area (Å²) in [5, 5.41) is 17.3. The summed E-state index contributed by atoms with van der Waals surface area (Å²) in [6, 6.07) is 8.86. The molecule has 0 atom stereocenters. The standard InChI is InChI=1S/C20H30N4O/c1-15-20(16(2)23(3)22-15)13-21-12-17-4-6-19(7-5-17)24-10-8-18(14-25)9-11-24/h4-7,18,21,25H,8-14H2,1-3H3. The summed E-state index contributed by atoms with van der Waals surface area (Å²) in [7, 11) is 1.99. The van der Waals surface area contributed by atoms with Crippen LogP contribution in [-0.2, 0) is 20.1 Å². The van der Waals surface area contributed by atoms with E-state index in [9.17, 15) is 5.11 Å². The number of aromatic nitrogens is 2. The largest absolute Gasteiger partial charge is 0.396 e. The van der Waals surface area contributed by atoms with Gasteiger partial charge in [0.15, 0.2) is 0 Å². The number of aryl methyl sites for hydroxylation is 2. The maximum absolute atomic E-state index is 9.25. The molecule has 1 aliphatic heterocycles. The number of nitrogens with one attached hydrogen (secondary N) is 1. The van der Waals surface area contributed by atoms with Crippen LogP contribution in [0.3, 0.4) is 0 Å². The van der Waals surface area contributed by atoms with E-state index in [2.05, 4.69) is 53.4 Å². The van der Waals surface area contributed by atoms with Crippen LogP contribution in [-0.4, -0.2) is 34.6 Å². The van der Waals surface area contributed by atoms with E-state index in [1.165, 1.54) is 22.5 Å². The zero-order chi connectivity index (χ0) is 17.8. The van der Waals surface area contributed by atoms with E-state index in [0.717, 1.165) is 44.7 Å². The number of nitrogens with zero attached hydrogens (tertiary/aromatic N) is 3. The van der Waals surface area contributed by atoms with Gasteiger partial charge in [0, 0.05) is 56.8 Å². The number of rotatable bonds is 6. The summed E-state index contributed by atoms with van der Waals surface area (Å²) in [5.74, 6) is 0.485. The molecule has 2 aromatic rings. The van der Waals surface area contributed by atoms with Crippen molar-refractivity contribution in [3.05, 3.63) is 46.8 Å². The van der Waals surface area contributed by atoms with Gasteiger partial charge in [-0.1, -0.05) is 12.1 Å². The minimum Gasteiger partial charge on any atom is -0.396 e. The lowest BCUT2D eigenvalue weighted by molar-refractivity contribution is 0.203. The molecule has 3 rings (SSSR count). The van der Waals surface area contributed by atoms with Crippen LogP contribution < -0.4 is 10.2 Å². The average molecular weight is 342 g/mol. The molecule has 1 fully saturated rings. The van der Waals surface area contributed by atoms with Crippen LogP contribution in [0.5, 0.6) is 0 Å². The normalized spacial score (nSPS) is 15.8. The predicted molar refractivity (Wildman–Crippen MR) is 102 cm³/mol. The van der Waals surface area contributed by atoms with Crippen LogP contribution in [0.2, 0.25) is 0 Å². The van der Waals surface area contributed by atoms with Crippen molar-refractivity contribution in [2.75, 3.05) is 24.6 Å². The fraction of sp³-hybridized carbons (Fsp3) is 0.550. The van der Waals surface area contributed by atoms with Gasteiger partial charge in [-0.2, -0.15) is 5.10 Å². The number of piperidine rings is 1. The average Bonchev–Trinajstić information content (AvgIpc) is 2.88. The Labute approximate surface area is 150 Å². The van der Waals surface area contributed by atoms with Crippen molar-refractivity contribution in [1.82, 2.24) is 15.1 Å². The lowest BCUT2D eigenvalue weighted by Gasteiger charge is -2.33. The van der Waals surface area contributed by atoms with Crippen molar-refractivity contribution in [3.8, 4) is 0 Å². The summed E-state index contributed by atoms with van der Waals surface area (Å²) in [5.41, 5.74) is 6.22. The molecular formula is C20H30N4O. The molecule has 2 heterocycles. The van der Waals surface area contributed by atoms with Crippen molar-refractivity contribution >= 4 is 5.69 Å². The van der Waals surface area contributed by atoms with E-state index in [-0.39, 0.29) is 0 Å². The highest BCUT2D eigenvalue weighted by atomic mass is 16.3. The Bertz CT molecular complexity index is 684. The van der Waals surface area contributed by atoms with Gasteiger partial charge in [-0.15, -0.1) is 0 Å². The van der Waals surface area contributed by atoms with E-state index < -0.39 is 0 Å². The van der Waals surface area contributed by atoms with E-state index in [4.69, 9.17) is 0 Å². The fourth-order valence-corrected chi connectivity index (χ4v) is 3.60. The Morgan fingerprint density at radius 3 is 2.36 bits per heavy atom. The number of hydrogen-bond donors (Lipinski definition) is 2. The Morgan fingerprint density at radius 2 is 1.80 bits per heavy atom. The topological polar surface area (TPSA) is 53.3 Å². The molecule has 0 saturated carbocycles. The first-order chi connectivity index (χ1) is 12.1. The van der Waals surface area contributed by atoms with Gasteiger partial charge in [0.25, 0.3) is 0 Å². The third kappa shape index (κ3) is 4.22. The predicted octanol–water partition coefficient (Wildman–Crippen LogP) is 2.54. The van der Waals surface area contributed by atoms with Crippen LogP contribution >= 0.6 is 0 Å². The Hall–Kier alpha value is -1.85. The van der Waals surface area contributed by atoms with Gasteiger partial charge >= 0.3 is 0 Å². The van der Waals surface area contributed by atoms with Gasteiger partial charge in [0.05, 0.1) is 5.69 Å². The van der Waals surface area contributed by atoms with Crippen molar-refractivity contribution < 1.29 is 5.11 Å². The molecule has 1 saturated heterocycles. The van der Waals surface area contributed by atoms with E-state index in [1.54, 1.807) is 0 Å². The van der Waals surface area contributed by atoms with Crippen LogP contribution in [0.4, 0.5) is 5.69 Å². The molecule has 0 amide bonds. The molecule has 1 aliphatic rings. The van der Waals surface area contributed by atoms with E-state index in [0.29, 0.717) is 12.5 Å². The number of anilines is 1. The summed E-state index contributed by atoms with van der Waals surface area (Å²) in [4.78, 5) is 2.42. The van der Waals surface area contributed by atoms with Gasteiger partial charge in [-0.3, -0.25) is 4.68 Å². The first kappa shape index (κ1) is 18.0. The zero-order valence-corrected chi connectivity index (χ0v) is 15.6. The van der Waals surface area contributed by atoms with Crippen molar-refractivity contribution in [1.29, 1.82) is 0 Å². The van der Waals surface area contributed by atoms with Gasteiger partial charge in [-0.25, -0.2) is 0 Å². The molecule has 1 aromatic carbocycles. The van der Waals surface area contributed by atoms with Gasteiger partial charge in [0.2, 0.25) is 0 Å². The number of benzene rings is 1. The summed E-state index contributed by atoms with van der Waals surface area (Å²) >= 11 is 0. The van der Waals surface area contributed by atoms with Crippen molar-refractivity contribution in [2.24, 2.45) is 13.0 Å². The minimum absolute atomic E-state index is 0.328. The fourth-order valence-electron chi connectivity index (χ4n) is 3.60. The van der Waals surface area contributed by atoms with Crippen LogP contribution in [0.1, 0.15) is 35.4 Å². The Morgan fingerprint density at radius 1 is 1.12 bits per heavy atom. The molecule has 1 aromatic heterocycles. The summed E-state index contributed by atoms with van der Waals surface area (Å²) in [6.45, 7) is 8.31. The molecule has 2 N–H and O–H groups in total. The molecule has 5 heteroatoms. The molecule has 25 heavy (non-hydrogen) atoms. The third-order valence-corrected chi connectivity index (χ3v) is 5.46. The van der Waals surface area contributed by atoms with Crippen LogP contribution in [0.15, 0.2) is 24.3 Å². The second-order valence-corrected chi connectivity index (χ2v) is 7.16. The Balaban J connectivity index is 1.51. The highest BCUT2D eigenvalue weighted by Gasteiger charge is 2.18. The molecule has 136 valence electrons. The van der Waals surface area contributed by atoms with E-state index in [1.807, 2.05) is 11.7 Å². The highest BCUT2D eigenvalue weighted by Crippen LogP contribution is 2.23. The second-order valence-electron chi connectivity index (χ2n) is 7.16. The second kappa shape index (κ2) is 8.02. The third-order valence-electron chi connectivity index (χ3n) is 5.46. The Kier molecular flexibility index (Phi) is 5.76. The monoisotopic (exact) mass is 342 g/mol. The van der Waals surface area contributed by atoms with Gasteiger partial charge < -0.3 is 15.3 Å². The lowest BCUT2D eigenvalue weighted by atomic mass is 9.97. The van der Waals surface area contributed by atoms with Crippen LogP contribution in [0.25, 0.3) is 0 Å². The molecule has 0 aliphatic carbocycles. The van der Waals surface area contributed by atoms with Crippen molar-refractivity contribution in [3.63, 3.8) is 0 Å². The van der Waals surface area contributed by atoms with Crippen molar-refractivity contribution in [2.45, 2.75) is 39.8 Å². The SMILES string of the molecule is Cc1nn(C)c(C)c1CNCc1ccc(N2CCC(CO)CC2)cc1. The molecule has 0 spiro atoms. The molecule has 5 nitrogen and oxygen atoms in total. The molecular weight excluding hydrogens is 312 g/mol. The molecule has 0 radical (unpaired) electrons. The lowest BCUT2D eigenvalue weighted by Crippen LogP contribution is -2.34. The molecule has 0 bridgehead atoms. The first-order valence-electron chi connectivity index (χ1n) is 9.23. The number of aliphatic hydroxyl groups excluding tert-OH is 1. The summed E-state index contributed by atoms with van der Waals surface area (Å²) < 4.78 is 1.95. The number of hydrogen-bond acceptors (Lipinski definition) is 4.